The fraction of sp³-hybridized carbons (Fsp3) is 1.00. The van der Waals surface area contributed by atoms with E-state index in [0.29, 0.717) is 0 Å². The average molecular weight is 256 g/mol. The Labute approximate surface area is 115 Å². The maximum atomic E-state index is 9.13. The van der Waals surface area contributed by atoms with E-state index in [1.165, 1.54) is 70.6 Å². The van der Waals surface area contributed by atoms with Crippen molar-refractivity contribution in [2.24, 2.45) is 5.92 Å². The van der Waals surface area contributed by atoms with Crippen LogP contribution in [0, 0.1) is 5.92 Å². The topological polar surface area (TPSA) is 20.2 Å². The Kier molecular flexibility index (Phi) is 13.4. The van der Waals surface area contributed by atoms with Crippen LogP contribution in [-0.2, 0) is 0 Å². The normalized spacial score (nSPS) is 13.2. The second kappa shape index (κ2) is 13.4. The first kappa shape index (κ1) is 18.0. The van der Waals surface area contributed by atoms with Gasteiger partial charge in [0, 0.05) is 0 Å². The maximum Gasteiger partial charge on any atom is 0.0512 e. The molecule has 1 unspecified atom stereocenters. The molecule has 110 valence electrons. The molecule has 1 atom stereocenters. The zero-order valence-corrected chi connectivity index (χ0v) is 13.1. The molecule has 0 heterocycles. The number of rotatable bonds is 13. The predicted molar refractivity (Wildman–Crippen MR) is 81.9 cm³/mol. The SMILES string of the molecule is CC(C)CCCCCCCCCCCCC(C)O. The van der Waals surface area contributed by atoms with E-state index in [1.807, 2.05) is 6.92 Å². The van der Waals surface area contributed by atoms with Crippen LogP contribution in [0.15, 0.2) is 0 Å². The molecular formula is C17H36O. The van der Waals surface area contributed by atoms with Gasteiger partial charge in [0.2, 0.25) is 0 Å². The zero-order chi connectivity index (χ0) is 13.6. The Hall–Kier alpha value is -0.0400. The fourth-order valence-electron chi connectivity index (χ4n) is 2.41. The summed E-state index contributed by atoms with van der Waals surface area (Å²) in [4.78, 5) is 0. The van der Waals surface area contributed by atoms with Crippen molar-refractivity contribution in [3.05, 3.63) is 0 Å². The minimum atomic E-state index is -0.101. The monoisotopic (exact) mass is 256 g/mol. The average Bonchev–Trinajstić information content (AvgIpc) is 2.29. The summed E-state index contributed by atoms with van der Waals surface area (Å²) in [6.45, 7) is 6.52. The summed E-state index contributed by atoms with van der Waals surface area (Å²) in [6.07, 6.45) is 16.1. The van der Waals surface area contributed by atoms with Crippen LogP contribution in [0.25, 0.3) is 0 Å². The van der Waals surface area contributed by atoms with Gasteiger partial charge in [-0.2, -0.15) is 0 Å². The van der Waals surface area contributed by atoms with Crippen molar-refractivity contribution in [3.63, 3.8) is 0 Å². The zero-order valence-electron chi connectivity index (χ0n) is 13.1. The molecule has 0 aliphatic rings. The molecule has 0 amide bonds. The van der Waals surface area contributed by atoms with Gasteiger partial charge in [-0.15, -0.1) is 0 Å². The molecule has 0 aliphatic carbocycles. The van der Waals surface area contributed by atoms with Gasteiger partial charge >= 0.3 is 0 Å². The molecule has 0 fully saturated rings. The first-order valence-electron chi connectivity index (χ1n) is 8.31. The van der Waals surface area contributed by atoms with E-state index in [1.54, 1.807) is 0 Å². The van der Waals surface area contributed by atoms with E-state index < -0.39 is 0 Å². The Morgan fingerprint density at radius 3 is 1.22 bits per heavy atom. The van der Waals surface area contributed by atoms with Crippen molar-refractivity contribution in [2.45, 2.75) is 104 Å². The van der Waals surface area contributed by atoms with Crippen molar-refractivity contribution in [2.75, 3.05) is 0 Å². The highest BCUT2D eigenvalue weighted by atomic mass is 16.3. The lowest BCUT2D eigenvalue weighted by Crippen LogP contribution is -1.98. The minimum Gasteiger partial charge on any atom is -0.393 e. The molecule has 0 aliphatic heterocycles. The quantitative estimate of drug-likeness (QED) is 0.419. The van der Waals surface area contributed by atoms with Gasteiger partial charge < -0.3 is 5.11 Å². The molecule has 1 heteroatoms. The van der Waals surface area contributed by atoms with Crippen LogP contribution >= 0.6 is 0 Å². The largest absolute Gasteiger partial charge is 0.393 e. The highest BCUT2D eigenvalue weighted by Crippen LogP contribution is 2.13. The van der Waals surface area contributed by atoms with Crippen molar-refractivity contribution < 1.29 is 5.11 Å². The molecule has 1 N–H and O–H groups in total. The number of hydrogen-bond acceptors (Lipinski definition) is 1. The Morgan fingerprint density at radius 1 is 0.556 bits per heavy atom. The summed E-state index contributed by atoms with van der Waals surface area (Å²) < 4.78 is 0. The van der Waals surface area contributed by atoms with Crippen LogP contribution in [0.2, 0.25) is 0 Å². The predicted octanol–water partition coefficient (Wildman–Crippen LogP) is 5.70. The highest BCUT2D eigenvalue weighted by Gasteiger charge is 1.97. The third-order valence-corrected chi connectivity index (χ3v) is 3.65. The van der Waals surface area contributed by atoms with E-state index in [0.717, 1.165) is 12.3 Å². The maximum absolute atomic E-state index is 9.13. The van der Waals surface area contributed by atoms with Gasteiger partial charge in [-0.3, -0.25) is 0 Å². The Morgan fingerprint density at radius 2 is 0.889 bits per heavy atom. The third-order valence-electron chi connectivity index (χ3n) is 3.65. The lowest BCUT2D eigenvalue weighted by Gasteiger charge is -2.05. The van der Waals surface area contributed by atoms with E-state index in [9.17, 15) is 0 Å². The van der Waals surface area contributed by atoms with Crippen molar-refractivity contribution in [1.82, 2.24) is 0 Å². The second-order valence-corrected chi connectivity index (χ2v) is 6.36. The van der Waals surface area contributed by atoms with Crippen LogP contribution in [0.5, 0.6) is 0 Å². The molecule has 0 saturated carbocycles. The van der Waals surface area contributed by atoms with Gasteiger partial charge in [0.05, 0.1) is 6.10 Å². The van der Waals surface area contributed by atoms with Crippen LogP contribution in [0.1, 0.15) is 97.8 Å². The first-order valence-corrected chi connectivity index (χ1v) is 8.31. The Balaban J connectivity index is 2.95. The van der Waals surface area contributed by atoms with E-state index in [-0.39, 0.29) is 6.10 Å². The van der Waals surface area contributed by atoms with Gasteiger partial charge in [-0.05, 0) is 19.3 Å². The summed E-state index contributed by atoms with van der Waals surface area (Å²) in [5, 5.41) is 9.13. The Bertz CT molecular complexity index is 134. The molecule has 0 rings (SSSR count). The molecule has 1 nitrogen and oxygen atoms in total. The van der Waals surface area contributed by atoms with Crippen LogP contribution in [-0.4, -0.2) is 11.2 Å². The van der Waals surface area contributed by atoms with Gasteiger partial charge in [0.25, 0.3) is 0 Å². The van der Waals surface area contributed by atoms with E-state index in [4.69, 9.17) is 5.11 Å². The van der Waals surface area contributed by atoms with Gasteiger partial charge in [0.1, 0.15) is 0 Å². The van der Waals surface area contributed by atoms with Crippen molar-refractivity contribution >= 4 is 0 Å². The molecule has 0 aromatic heterocycles. The molecule has 0 radical (unpaired) electrons. The molecule has 0 bridgehead atoms. The molecule has 18 heavy (non-hydrogen) atoms. The highest BCUT2D eigenvalue weighted by molar-refractivity contribution is 4.51. The number of aliphatic hydroxyl groups excluding tert-OH is 1. The number of hydrogen-bond donors (Lipinski definition) is 1. The summed E-state index contributed by atoms with van der Waals surface area (Å²) in [7, 11) is 0. The lowest BCUT2D eigenvalue weighted by molar-refractivity contribution is 0.180. The minimum absolute atomic E-state index is 0.101. The molecule has 0 aromatic carbocycles. The van der Waals surface area contributed by atoms with Crippen LogP contribution < -0.4 is 0 Å². The number of aliphatic hydroxyl groups is 1. The molecule has 0 aromatic rings. The summed E-state index contributed by atoms with van der Waals surface area (Å²) >= 11 is 0. The van der Waals surface area contributed by atoms with Gasteiger partial charge in [0.15, 0.2) is 0 Å². The van der Waals surface area contributed by atoms with Crippen molar-refractivity contribution in [3.8, 4) is 0 Å². The van der Waals surface area contributed by atoms with Gasteiger partial charge in [-0.1, -0.05) is 84.5 Å². The standard InChI is InChI=1S/C17H36O/c1-16(2)14-12-10-8-6-4-5-7-9-11-13-15-17(3)18/h16-18H,4-15H2,1-3H3. The molecule has 0 spiro atoms. The van der Waals surface area contributed by atoms with Crippen LogP contribution in [0.4, 0.5) is 0 Å². The molecular weight excluding hydrogens is 220 g/mol. The number of unbranched alkanes of at least 4 members (excludes halogenated alkanes) is 9. The van der Waals surface area contributed by atoms with Gasteiger partial charge in [-0.25, -0.2) is 0 Å². The summed E-state index contributed by atoms with van der Waals surface area (Å²) in [5.74, 6) is 0.881. The fourth-order valence-corrected chi connectivity index (χ4v) is 2.41. The lowest BCUT2D eigenvalue weighted by atomic mass is 10.0. The smallest absolute Gasteiger partial charge is 0.0512 e. The van der Waals surface area contributed by atoms with E-state index >= 15 is 0 Å². The molecule has 0 saturated heterocycles. The first-order chi connectivity index (χ1) is 8.63. The van der Waals surface area contributed by atoms with E-state index in [2.05, 4.69) is 13.8 Å². The summed E-state index contributed by atoms with van der Waals surface area (Å²) in [6, 6.07) is 0. The third kappa shape index (κ3) is 16.0. The second-order valence-electron chi connectivity index (χ2n) is 6.36. The van der Waals surface area contributed by atoms with Crippen LogP contribution in [0.3, 0.4) is 0 Å². The van der Waals surface area contributed by atoms with Crippen molar-refractivity contribution in [1.29, 1.82) is 0 Å². The summed E-state index contributed by atoms with van der Waals surface area (Å²) in [5.41, 5.74) is 0.